The van der Waals surface area contributed by atoms with Crippen LogP contribution in [0.3, 0.4) is 0 Å². The van der Waals surface area contributed by atoms with Gasteiger partial charge >= 0.3 is 0 Å². The number of aryl methyl sites for hydroxylation is 1. The number of hydrogen-bond acceptors (Lipinski definition) is 5. The van der Waals surface area contributed by atoms with Crippen LogP contribution in [0.5, 0.6) is 0 Å². The van der Waals surface area contributed by atoms with Crippen LogP contribution in [0.15, 0.2) is 41.5 Å². The third-order valence-corrected chi connectivity index (χ3v) is 4.59. The van der Waals surface area contributed by atoms with Gasteiger partial charge in [0.1, 0.15) is 5.76 Å². The predicted molar refractivity (Wildman–Crippen MR) is 90.3 cm³/mol. The van der Waals surface area contributed by atoms with Crippen molar-refractivity contribution in [2.24, 2.45) is 5.92 Å². The first-order valence-electron chi connectivity index (χ1n) is 8.40. The molecule has 0 aliphatic carbocycles. The molecule has 3 aromatic rings. The van der Waals surface area contributed by atoms with Crippen LogP contribution < -0.4 is 0 Å². The van der Waals surface area contributed by atoms with E-state index in [1.165, 1.54) is 6.39 Å². The fourth-order valence-corrected chi connectivity index (χ4v) is 3.31. The molecule has 25 heavy (non-hydrogen) atoms. The number of carbonyl (C=O) groups is 1. The summed E-state index contributed by atoms with van der Waals surface area (Å²) in [6, 6.07) is 4.06. The molecule has 7 heteroatoms. The van der Waals surface area contributed by atoms with Crippen LogP contribution in [0.2, 0.25) is 0 Å². The van der Waals surface area contributed by atoms with Gasteiger partial charge in [-0.1, -0.05) is 0 Å². The molecule has 3 aromatic heterocycles. The Morgan fingerprint density at radius 1 is 1.36 bits per heavy atom. The van der Waals surface area contributed by atoms with Crippen molar-refractivity contribution in [2.45, 2.75) is 13.3 Å². The minimum Gasteiger partial charge on any atom is -0.448 e. The van der Waals surface area contributed by atoms with Crippen molar-refractivity contribution in [1.29, 1.82) is 0 Å². The van der Waals surface area contributed by atoms with E-state index >= 15 is 0 Å². The van der Waals surface area contributed by atoms with Crippen molar-refractivity contribution >= 4 is 11.4 Å². The molecule has 0 radical (unpaired) electrons. The van der Waals surface area contributed by atoms with Crippen LogP contribution in [-0.2, 0) is 11.2 Å². The minimum atomic E-state index is -0.101. The first-order valence-corrected chi connectivity index (χ1v) is 8.40. The zero-order chi connectivity index (χ0) is 17.2. The lowest BCUT2D eigenvalue weighted by atomic mass is 10.0. The van der Waals surface area contributed by atoms with Gasteiger partial charge in [0.15, 0.2) is 12.1 Å². The van der Waals surface area contributed by atoms with Gasteiger partial charge in [-0.2, -0.15) is 0 Å². The highest BCUT2D eigenvalue weighted by molar-refractivity contribution is 5.93. The van der Waals surface area contributed by atoms with E-state index in [0.29, 0.717) is 37.8 Å². The van der Waals surface area contributed by atoms with E-state index in [0.717, 1.165) is 17.6 Å². The Labute approximate surface area is 145 Å². The molecule has 0 bridgehead atoms. The maximum atomic E-state index is 12.7. The molecular weight excluding hydrogens is 320 g/mol. The van der Waals surface area contributed by atoms with E-state index in [-0.39, 0.29) is 11.8 Å². The standard InChI is InChI=1S/C18H20N4O3/c1-13-17(20-12-25-13)18(23)22-7-8-24-11-14(10-22)9-15-16-3-2-5-21(16)6-4-19-15/h2-6,12,14H,7-11H2,1H3/t14-/m0/s1. The Bertz CT molecular complexity index is 885. The smallest absolute Gasteiger partial charge is 0.276 e. The molecule has 0 spiro atoms. The van der Waals surface area contributed by atoms with Crippen molar-refractivity contribution in [3.63, 3.8) is 0 Å². The van der Waals surface area contributed by atoms with Gasteiger partial charge in [0.2, 0.25) is 0 Å². The number of ether oxygens (including phenoxy) is 1. The first-order chi connectivity index (χ1) is 12.2. The second kappa shape index (κ2) is 6.68. The summed E-state index contributed by atoms with van der Waals surface area (Å²) in [7, 11) is 0. The van der Waals surface area contributed by atoms with Gasteiger partial charge in [-0.3, -0.25) is 9.78 Å². The van der Waals surface area contributed by atoms with Crippen LogP contribution in [0, 0.1) is 12.8 Å². The average molecular weight is 340 g/mol. The van der Waals surface area contributed by atoms with Gasteiger partial charge in [-0.25, -0.2) is 4.98 Å². The van der Waals surface area contributed by atoms with Crippen LogP contribution in [0.4, 0.5) is 0 Å². The highest BCUT2D eigenvalue weighted by Gasteiger charge is 2.27. The molecule has 1 atom stereocenters. The molecule has 1 aliphatic heterocycles. The minimum absolute atomic E-state index is 0.101. The molecule has 4 rings (SSSR count). The first kappa shape index (κ1) is 15.8. The third-order valence-electron chi connectivity index (χ3n) is 4.59. The summed E-state index contributed by atoms with van der Waals surface area (Å²) in [6.07, 6.45) is 7.82. The predicted octanol–water partition coefficient (Wildman–Crippen LogP) is 1.96. The van der Waals surface area contributed by atoms with Gasteiger partial charge in [0, 0.05) is 37.6 Å². The molecule has 130 valence electrons. The highest BCUT2D eigenvalue weighted by atomic mass is 16.5. The molecule has 0 unspecified atom stereocenters. The quantitative estimate of drug-likeness (QED) is 0.729. The maximum absolute atomic E-state index is 12.7. The van der Waals surface area contributed by atoms with Gasteiger partial charge in [0.05, 0.1) is 24.4 Å². The van der Waals surface area contributed by atoms with Crippen molar-refractivity contribution in [2.75, 3.05) is 26.3 Å². The number of aromatic nitrogens is 3. The Morgan fingerprint density at radius 3 is 3.12 bits per heavy atom. The maximum Gasteiger partial charge on any atom is 0.276 e. The van der Waals surface area contributed by atoms with Gasteiger partial charge < -0.3 is 18.5 Å². The van der Waals surface area contributed by atoms with Gasteiger partial charge in [0.25, 0.3) is 5.91 Å². The zero-order valence-corrected chi connectivity index (χ0v) is 14.1. The number of amides is 1. The number of hydrogen-bond donors (Lipinski definition) is 0. The van der Waals surface area contributed by atoms with E-state index < -0.39 is 0 Å². The molecule has 1 amide bonds. The lowest BCUT2D eigenvalue weighted by Gasteiger charge is -2.23. The molecular formula is C18H20N4O3. The van der Waals surface area contributed by atoms with Crippen molar-refractivity contribution in [3.8, 4) is 0 Å². The van der Waals surface area contributed by atoms with E-state index in [2.05, 4.69) is 20.4 Å². The summed E-state index contributed by atoms with van der Waals surface area (Å²) in [6.45, 7) is 4.08. The second-order valence-electron chi connectivity index (χ2n) is 6.33. The van der Waals surface area contributed by atoms with Crippen LogP contribution >= 0.6 is 0 Å². The van der Waals surface area contributed by atoms with Crippen LogP contribution in [0.1, 0.15) is 21.9 Å². The molecule has 0 N–H and O–H groups in total. The molecule has 0 saturated carbocycles. The van der Waals surface area contributed by atoms with Crippen LogP contribution in [0.25, 0.3) is 5.52 Å². The second-order valence-corrected chi connectivity index (χ2v) is 6.33. The summed E-state index contributed by atoms with van der Waals surface area (Å²) in [5.74, 6) is 0.634. The lowest BCUT2D eigenvalue weighted by Crippen LogP contribution is -2.37. The molecule has 4 heterocycles. The van der Waals surface area contributed by atoms with Gasteiger partial charge in [-0.15, -0.1) is 0 Å². The number of carbonyl (C=O) groups excluding carboxylic acids is 1. The molecule has 1 saturated heterocycles. The highest BCUT2D eigenvalue weighted by Crippen LogP contribution is 2.18. The number of nitrogens with zero attached hydrogens (tertiary/aromatic N) is 4. The Kier molecular flexibility index (Phi) is 4.23. The number of oxazole rings is 1. The summed E-state index contributed by atoms with van der Waals surface area (Å²) in [5, 5.41) is 0. The number of rotatable bonds is 3. The van der Waals surface area contributed by atoms with E-state index in [1.807, 2.05) is 24.7 Å². The normalized spacial score (nSPS) is 18.4. The SMILES string of the molecule is Cc1ocnc1C(=O)N1CCOC[C@@H](Cc2nccn3cccc23)C1. The molecule has 1 fully saturated rings. The van der Waals surface area contributed by atoms with Crippen LogP contribution in [-0.4, -0.2) is 51.5 Å². The fraction of sp³-hybridized carbons (Fsp3) is 0.389. The van der Waals surface area contributed by atoms with Crippen molar-refractivity contribution in [1.82, 2.24) is 19.3 Å². The lowest BCUT2D eigenvalue weighted by molar-refractivity contribution is 0.0730. The number of fused-ring (bicyclic) bond motifs is 1. The Hall–Kier alpha value is -2.67. The Morgan fingerprint density at radius 2 is 2.28 bits per heavy atom. The largest absolute Gasteiger partial charge is 0.448 e. The summed E-state index contributed by atoms with van der Waals surface area (Å²) < 4.78 is 13.0. The van der Waals surface area contributed by atoms with E-state index in [1.54, 1.807) is 11.8 Å². The monoisotopic (exact) mass is 340 g/mol. The van der Waals surface area contributed by atoms with Crippen molar-refractivity contribution in [3.05, 3.63) is 54.3 Å². The van der Waals surface area contributed by atoms with E-state index in [4.69, 9.17) is 9.15 Å². The summed E-state index contributed by atoms with van der Waals surface area (Å²) in [4.78, 5) is 23.1. The van der Waals surface area contributed by atoms with Crippen molar-refractivity contribution < 1.29 is 13.9 Å². The molecule has 7 nitrogen and oxygen atoms in total. The molecule has 0 aromatic carbocycles. The third kappa shape index (κ3) is 3.15. The summed E-state index contributed by atoms with van der Waals surface area (Å²) in [5.41, 5.74) is 2.50. The average Bonchev–Trinajstić information content (AvgIpc) is 3.19. The summed E-state index contributed by atoms with van der Waals surface area (Å²) >= 11 is 0. The van der Waals surface area contributed by atoms with Gasteiger partial charge in [-0.05, 0) is 25.5 Å². The van der Waals surface area contributed by atoms with E-state index in [9.17, 15) is 4.79 Å². The zero-order valence-electron chi connectivity index (χ0n) is 14.1. The molecule has 1 aliphatic rings. The fourth-order valence-electron chi connectivity index (χ4n) is 3.31. The topological polar surface area (TPSA) is 72.9 Å². The Balaban J connectivity index is 1.53.